The van der Waals surface area contributed by atoms with E-state index in [0.29, 0.717) is 0 Å². The Hall–Kier alpha value is -2.61. The molecule has 0 aliphatic carbocycles. The maximum atomic E-state index is 13.7. The number of hydrogen-bond donors (Lipinski definition) is 1. The van der Waals surface area contributed by atoms with Crippen LogP contribution in [-0.4, -0.2) is 49.0 Å². The van der Waals surface area contributed by atoms with Gasteiger partial charge < -0.3 is 15.1 Å². The number of hydrogen-bond acceptors (Lipinski definition) is 4. The predicted molar refractivity (Wildman–Crippen MR) is 88.2 cm³/mol. The number of amides is 1. The van der Waals surface area contributed by atoms with Crippen LogP contribution in [0.5, 0.6) is 0 Å². The van der Waals surface area contributed by atoms with Gasteiger partial charge in [0.15, 0.2) is 17.5 Å². The van der Waals surface area contributed by atoms with E-state index in [1.165, 1.54) is 6.20 Å². The van der Waals surface area contributed by atoms with Gasteiger partial charge in [0.25, 0.3) is 5.91 Å². The third-order valence-electron chi connectivity index (χ3n) is 4.13. The van der Waals surface area contributed by atoms with Crippen LogP contribution in [0.15, 0.2) is 30.5 Å². The van der Waals surface area contributed by atoms with Crippen molar-refractivity contribution in [3.63, 3.8) is 0 Å². The molecule has 132 valence electrons. The Bertz CT molecular complexity index is 791. The summed E-state index contributed by atoms with van der Waals surface area (Å²) < 4.78 is 39.9. The molecule has 0 atom stereocenters. The summed E-state index contributed by atoms with van der Waals surface area (Å²) in [5.41, 5.74) is 0.468. The highest BCUT2D eigenvalue weighted by atomic mass is 19.2. The molecule has 8 heteroatoms. The van der Waals surface area contributed by atoms with Crippen molar-refractivity contribution in [2.75, 3.05) is 43.4 Å². The second kappa shape index (κ2) is 7.10. The van der Waals surface area contributed by atoms with Crippen molar-refractivity contribution < 1.29 is 18.0 Å². The monoisotopic (exact) mass is 350 g/mol. The van der Waals surface area contributed by atoms with Gasteiger partial charge in [-0.1, -0.05) is 0 Å². The van der Waals surface area contributed by atoms with Crippen LogP contribution in [0.25, 0.3) is 0 Å². The fraction of sp³-hybridized carbons (Fsp3) is 0.294. The summed E-state index contributed by atoms with van der Waals surface area (Å²) in [7, 11) is 2.04. The number of aromatic nitrogens is 1. The van der Waals surface area contributed by atoms with Crippen LogP contribution in [0, 0.1) is 17.5 Å². The Labute approximate surface area is 143 Å². The standard InChI is InChI=1S/C17H17F3N4O/c1-23-6-8-24(9-7-23)11-4-5-21-14(10-11)17(25)22-13-3-2-12(18)15(19)16(13)20/h2-5,10H,6-9H2,1H3,(H,22,25). The lowest BCUT2D eigenvalue weighted by Crippen LogP contribution is -2.44. The minimum Gasteiger partial charge on any atom is -0.369 e. The van der Waals surface area contributed by atoms with Crippen LogP contribution in [-0.2, 0) is 0 Å². The fourth-order valence-electron chi connectivity index (χ4n) is 2.61. The van der Waals surface area contributed by atoms with E-state index in [0.717, 1.165) is 44.0 Å². The highest BCUT2D eigenvalue weighted by Gasteiger charge is 2.19. The van der Waals surface area contributed by atoms with Gasteiger partial charge in [-0.2, -0.15) is 0 Å². The molecular weight excluding hydrogens is 333 g/mol. The molecule has 3 rings (SSSR count). The molecule has 1 saturated heterocycles. The summed E-state index contributed by atoms with van der Waals surface area (Å²) in [5.74, 6) is -5.08. The Morgan fingerprint density at radius 3 is 2.52 bits per heavy atom. The molecule has 1 aromatic carbocycles. The molecular formula is C17H17F3N4O. The first-order valence-electron chi connectivity index (χ1n) is 7.80. The van der Waals surface area contributed by atoms with Gasteiger partial charge in [-0.25, -0.2) is 13.2 Å². The number of carbonyl (C=O) groups is 1. The maximum Gasteiger partial charge on any atom is 0.274 e. The Kier molecular flexibility index (Phi) is 4.89. The minimum atomic E-state index is -1.63. The number of nitrogens with one attached hydrogen (secondary N) is 1. The van der Waals surface area contributed by atoms with Gasteiger partial charge in [-0.05, 0) is 31.3 Å². The van der Waals surface area contributed by atoms with Crippen molar-refractivity contribution in [2.24, 2.45) is 0 Å². The average molecular weight is 350 g/mol. The van der Waals surface area contributed by atoms with E-state index in [4.69, 9.17) is 0 Å². The van der Waals surface area contributed by atoms with Crippen molar-refractivity contribution in [1.82, 2.24) is 9.88 Å². The first kappa shape index (κ1) is 17.2. The molecule has 0 spiro atoms. The summed E-state index contributed by atoms with van der Waals surface area (Å²) in [5, 5.41) is 2.22. The Balaban J connectivity index is 1.77. The van der Waals surface area contributed by atoms with E-state index < -0.39 is 29.0 Å². The zero-order chi connectivity index (χ0) is 18.0. The summed E-state index contributed by atoms with van der Waals surface area (Å²) >= 11 is 0. The van der Waals surface area contributed by atoms with Crippen molar-refractivity contribution in [3.05, 3.63) is 53.6 Å². The summed E-state index contributed by atoms with van der Waals surface area (Å²) in [6, 6.07) is 5.11. The highest BCUT2D eigenvalue weighted by molar-refractivity contribution is 6.03. The molecule has 5 nitrogen and oxygen atoms in total. The van der Waals surface area contributed by atoms with Crippen LogP contribution < -0.4 is 10.2 Å². The third kappa shape index (κ3) is 3.74. The van der Waals surface area contributed by atoms with Crippen LogP contribution in [0.2, 0.25) is 0 Å². The molecule has 0 unspecified atom stereocenters. The number of benzene rings is 1. The van der Waals surface area contributed by atoms with Gasteiger partial charge in [0.05, 0.1) is 5.69 Å². The molecule has 1 N–H and O–H groups in total. The molecule has 1 amide bonds. The number of likely N-dealkylation sites (N-methyl/N-ethyl adjacent to an activating group) is 1. The van der Waals surface area contributed by atoms with Crippen LogP contribution >= 0.6 is 0 Å². The van der Waals surface area contributed by atoms with E-state index in [1.54, 1.807) is 12.1 Å². The second-order valence-electron chi connectivity index (χ2n) is 5.87. The number of halogens is 3. The van der Waals surface area contributed by atoms with Gasteiger partial charge in [-0.15, -0.1) is 0 Å². The van der Waals surface area contributed by atoms with E-state index in [-0.39, 0.29) is 5.69 Å². The second-order valence-corrected chi connectivity index (χ2v) is 5.87. The number of rotatable bonds is 3. The van der Waals surface area contributed by atoms with Crippen LogP contribution in [0.3, 0.4) is 0 Å². The molecule has 1 aliphatic heterocycles. The molecule has 25 heavy (non-hydrogen) atoms. The Morgan fingerprint density at radius 2 is 1.80 bits per heavy atom. The first-order chi connectivity index (χ1) is 12.0. The van der Waals surface area contributed by atoms with Crippen molar-refractivity contribution in [3.8, 4) is 0 Å². The lowest BCUT2D eigenvalue weighted by atomic mass is 10.2. The van der Waals surface area contributed by atoms with Crippen LogP contribution in [0.4, 0.5) is 24.5 Å². The molecule has 0 radical (unpaired) electrons. The summed E-state index contributed by atoms with van der Waals surface area (Å²) in [6.07, 6.45) is 1.49. The highest BCUT2D eigenvalue weighted by Crippen LogP contribution is 2.21. The SMILES string of the molecule is CN1CCN(c2ccnc(C(=O)Nc3ccc(F)c(F)c3F)c2)CC1. The van der Waals surface area contributed by atoms with E-state index >= 15 is 0 Å². The number of piperazine rings is 1. The average Bonchev–Trinajstić information content (AvgIpc) is 2.63. The number of pyridine rings is 1. The van der Waals surface area contributed by atoms with Crippen molar-refractivity contribution in [2.45, 2.75) is 0 Å². The number of anilines is 2. The lowest BCUT2D eigenvalue weighted by molar-refractivity contribution is 0.102. The van der Waals surface area contributed by atoms with E-state index in [2.05, 4.69) is 20.1 Å². The maximum absolute atomic E-state index is 13.7. The van der Waals surface area contributed by atoms with E-state index in [1.807, 2.05) is 7.05 Å². The minimum absolute atomic E-state index is 0.0700. The third-order valence-corrected chi connectivity index (χ3v) is 4.13. The summed E-state index contributed by atoms with van der Waals surface area (Å²) in [4.78, 5) is 20.6. The molecule has 1 aromatic heterocycles. The van der Waals surface area contributed by atoms with Crippen molar-refractivity contribution in [1.29, 1.82) is 0 Å². The van der Waals surface area contributed by atoms with E-state index in [9.17, 15) is 18.0 Å². The van der Waals surface area contributed by atoms with Gasteiger partial charge in [0.2, 0.25) is 0 Å². The first-order valence-corrected chi connectivity index (χ1v) is 7.80. The molecule has 1 fully saturated rings. The molecule has 2 heterocycles. The number of carbonyl (C=O) groups excluding carboxylic acids is 1. The molecule has 1 aliphatic rings. The van der Waals surface area contributed by atoms with Crippen LogP contribution in [0.1, 0.15) is 10.5 Å². The molecule has 0 bridgehead atoms. The topological polar surface area (TPSA) is 48.5 Å². The lowest BCUT2D eigenvalue weighted by Gasteiger charge is -2.34. The fourth-order valence-corrected chi connectivity index (χ4v) is 2.61. The Morgan fingerprint density at radius 1 is 1.08 bits per heavy atom. The smallest absolute Gasteiger partial charge is 0.274 e. The normalized spacial score (nSPS) is 15.3. The van der Waals surface area contributed by atoms with Gasteiger partial charge >= 0.3 is 0 Å². The number of nitrogens with zero attached hydrogens (tertiary/aromatic N) is 3. The van der Waals surface area contributed by atoms with Gasteiger partial charge in [0, 0.05) is 38.1 Å². The summed E-state index contributed by atoms with van der Waals surface area (Å²) in [6.45, 7) is 3.45. The zero-order valence-electron chi connectivity index (χ0n) is 13.6. The molecule has 0 saturated carbocycles. The van der Waals surface area contributed by atoms with Crippen molar-refractivity contribution >= 4 is 17.3 Å². The van der Waals surface area contributed by atoms with Gasteiger partial charge in [0.1, 0.15) is 5.69 Å². The quantitative estimate of drug-likeness (QED) is 0.864. The largest absolute Gasteiger partial charge is 0.369 e. The molecule has 2 aromatic rings. The predicted octanol–water partition coefficient (Wildman–Crippen LogP) is 2.50. The van der Waals surface area contributed by atoms with Gasteiger partial charge in [-0.3, -0.25) is 9.78 Å². The zero-order valence-corrected chi connectivity index (χ0v) is 13.6.